The van der Waals surface area contributed by atoms with Gasteiger partial charge >= 0.3 is 5.97 Å². The number of hydrogen-bond donors (Lipinski definition) is 0. The number of methoxy groups -OCH3 is 1. The Morgan fingerprint density at radius 3 is 2.59 bits per heavy atom. The molecule has 4 nitrogen and oxygen atoms in total. The van der Waals surface area contributed by atoms with Gasteiger partial charge in [-0.2, -0.15) is 0 Å². The van der Waals surface area contributed by atoms with Gasteiger partial charge in [0.25, 0.3) is 0 Å². The molecule has 0 amide bonds. The highest BCUT2D eigenvalue weighted by molar-refractivity contribution is 6.38. The van der Waals surface area contributed by atoms with Crippen LogP contribution in [-0.4, -0.2) is 24.6 Å². The number of benzene rings is 1. The van der Waals surface area contributed by atoms with Crippen molar-refractivity contribution in [3.8, 4) is 0 Å². The van der Waals surface area contributed by atoms with Crippen molar-refractivity contribution in [3.05, 3.63) is 34.6 Å². The van der Waals surface area contributed by atoms with E-state index in [2.05, 4.69) is 4.74 Å². The smallest absolute Gasteiger partial charge is 0.374 e. The second-order valence-electron chi connectivity index (χ2n) is 3.14. The maximum atomic E-state index is 13.2. The third-order valence-corrected chi connectivity index (χ3v) is 2.20. The molecule has 0 heterocycles. The molecule has 0 aliphatic heterocycles. The first-order valence-corrected chi connectivity index (χ1v) is 4.93. The van der Waals surface area contributed by atoms with Crippen LogP contribution in [0.5, 0.6) is 0 Å². The Kier molecular flexibility index (Phi) is 4.34. The summed E-state index contributed by atoms with van der Waals surface area (Å²) in [6, 6.07) is 3.39. The fourth-order valence-electron chi connectivity index (χ4n) is 1.14. The molecule has 0 saturated heterocycles. The summed E-state index contributed by atoms with van der Waals surface area (Å²) in [4.78, 5) is 33.4. The molecule has 0 aliphatic carbocycles. The maximum Gasteiger partial charge on any atom is 0.374 e. The van der Waals surface area contributed by atoms with Crippen molar-refractivity contribution in [3.63, 3.8) is 0 Å². The van der Waals surface area contributed by atoms with Crippen molar-refractivity contribution in [1.29, 1.82) is 0 Å². The molecule has 0 spiro atoms. The Morgan fingerprint density at radius 1 is 1.35 bits per heavy atom. The average Bonchev–Trinajstić information content (AvgIpc) is 2.30. The van der Waals surface area contributed by atoms with E-state index in [1.165, 1.54) is 6.07 Å². The summed E-state index contributed by atoms with van der Waals surface area (Å²) in [7, 11) is 1.02. The Balaban J connectivity index is 2.87. The molecule has 0 aliphatic rings. The summed E-state index contributed by atoms with van der Waals surface area (Å²) in [5, 5.41) is 0.167. The fraction of sp³-hybridized carbons (Fsp3) is 0.182. The van der Waals surface area contributed by atoms with E-state index in [1.807, 2.05) is 0 Å². The molecule has 0 saturated carbocycles. The van der Waals surface area contributed by atoms with Crippen LogP contribution in [0.4, 0.5) is 4.39 Å². The van der Waals surface area contributed by atoms with E-state index in [4.69, 9.17) is 11.6 Å². The highest BCUT2D eigenvalue weighted by atomic mass is 35.5. The second-order valence-corrected chi connectivity index (χ2v) is 3.58. The van der Waals surface area contributed by atoms with E-state index < -0.39 is 29.8 Å². The number of ketones is 2. The number of carbonyl (C=O) groups excluding carboxylic acids is 3. The number of Topliss-reactive ketones (excluding diaryl/α,β-unsaturated/α-hetero) is 2. The van der Waals surface area contributed by atoms with Crippen LogP contribution in [0.2, 0.25) is 5.02 Å². The van der Waals surface area contributed by atoms with Crippen LogP contribution >= 0.6 is 11.6 Å². The topological polar surface area (TPSA) is 60.4 Å². The normalized spacial score (nSPS) is 9.82. The van der Waals surface area contributed by atoms with Gasteiger partial charge in [0.15, 0.2) is 5.78 Å². The Hall–Kier alpha value is -1.75. The van der Waals surface area contributed by atoms with Gasteiger partial charge in [0.05, 0.1) is 19.1 Å². The monoisotopic (exact) mass is 258 g/mol. The van der Waals surface area contributed by atoms with Crippen LogP contribution in [-0.2, 0) is 14.3 Å². The molecule has 1 aromatic rings. The van der Waals surface area contributed by atoms with Crippen molar-refractivity contribution in [2.24, 2.45) is 0 Å². The molecule has 6 heteroatoms. The zero-order valence-electron chi connectivity index (χ0n) is 8.83. The summed E-state index contributed by atoms with van der Waals surface area (Å²) in [5.74, 6) is -3.78. The lowest BCUT2D eigenvalue weighted by Gasteiger charge is -2.02. The molecule has 0 aromatic heterocycles. The van der Waals surface area contributed by atoms with Crippen LogP contribution in [0.3, 0.4) is 0 Å². The summed E-state index contributed by atoms with van der Waals surface area (Å²) in [5.41, 5.74) is -0.324. The molecule has 0 atom stereocenters. The van der Waals surface area contributed by atoms with Crippen LogP contribution in [0.1, 0.15) is 16.8 Å². The minimum atomic E-state index is -1.14. The lowest BCUT2D eigenvalue weighted by atomic mass is 10.1. The van der Waals surface area contributed by atoms with E-state index in [1.54, 1.807) is 0 Å². The van der Waals surface area contributed by atoms with Crippen molar-refractivity contribution in [1.82, 2.24) is 0 Å². The standard InChI is InChI=1S/C11H8ClFO4/c1-17-11(16)10(15)5-9(14)7-4-6(12)2-3-8(7)13/h2-4H,5H2,1H3. The van der Waals surface area contributed by atoms with Crippen molar-refractivity contribution < 1.29 is 23.5 Å². The van der Waals surface area contributed by atoms with E-state index >= 15 is 0 Å². The van der Waals surface area contributed by atoms with Crippen LogP contribution in [0, 0.1) is 5.82 Å². The van der Waals surface area contributed by atoms with Gasteiger partial charge in [0.1, 0.15) is 5.82 Å². The molecule has 0 bridgehead atoms. The predicted molar refractivity (Wildman–Crippen MR) is 57.4 cm³/mol. The third kappa shape index (κ3) is 3.35. The molecule has 1 rings (SSSR count). The Bertz CT molecular complexity index is 484. The largest absolute Gasteiger partial charge is 0.463 e. The summed E-state index contributed by atoms with van der Waals surface area (Å²) in [6.45, 7) is 0. The molecule has 1 aromatic carbocycles. The van der Waals surface area contributed by atoms with Gasteiger partial charge in [0.2, 0.25) is 5.78 Å². The van der Waals surface area contributed by atoms with Crippen molar-refractivity contribution in [2.45, 2.75) is 6.42 Å². The van der Waals surface area contributed by atoms with Gasteiger partial charge in [0, 0.05) is 5.02 Å². The maximum absolute atomic E-state index is 13.2. The summed E-state index contributed by atoms with van der Waals surface area (Å²) in [6.07, 6.45) is -0.746. The number of rotatable bonds is 4. The van der Waals surface area contributed by atoms with Crippen molar-refractivity contribution in [2.75, 3.05) is 7.11 Å². The van der Waals surface area contributed by atoms with Gasteiger partial charge in [-0.25, -0.2) is 9.18 Å². The highest BCUT2D eigenvalue weighted by Gasteiger charge is 2.21. The first-order valence-electron chi connectivity index (χ1n) is 4.55. The van der Waals surface area contributed by atoms with Crippen LogP contribution in [0.15, 0.2) is 18.2 Å². The van der Waals surface area contributed by atoms with Gasteiger partial charge in [-0.1, -0.05) is 11.6 Å². The molecule has 0 radical (unpaired) electrons. The molecule has 0 N–H and O–H groups in total. The lowest BCUT2D eigenvalue weighted by molar-refractivity contribution is -0.151. The predicted octanol–water partition coefficient (Wildman–Crippen LogP) is 1.79. The zero-order valence-corrected chi connectivity index (χ0v) is 9.58. The van der Waals surface area contributed by atoms with Gasteiger partial charge in [-0.05, 0) is 18.2 Å². The average molecular weight is 259 g/mol. The minimum Gasteiger partial charge on any atom is -0.463 e. The SMILES string of the molecule is COC(=O)C(=O)CC(=O)c1cc(Cl)ccc1F. The van der Waals surface area contributed by atoms with Crippen LogP contribution < -0.4 is 0 Å². The third-order valence-electron chi connectivity index (χ3n) is 1.96. The first-order chi connectivity index (χ1) is 7.95. The fourth-order valence-corrected chi connectivity index (χ4v) is 1.31. The molecular formula is C11H8ClFO4. The lowest BCUT2D eigenvalue weighted by Crippen LogP contribution is -2.19. The molecule has 17 heavy (non-hydrogen) atoms. The Morgan fingerprint density at radius 2 is 2.00 bits per heavy atom. The van der Waals surface area contributed by atoms with E-state index in [0.717, 1.165) is 19.2 Å². The number of carbonyl (C=O) groups is 3. The van der Waals surface area contributed by atoms with Gasteiger partial charge in [-0.3, -0.25) is 9.59 Å². The zero-order chi connectivity index (χ0) is 13.0. The quantitative estimate of drug-likeness (QED) is 0.358. The molecular weight excluding hydrogens is 251 g/mol. The molecule has 90 valence electrons. The first kappa shape index (κ1) is 13.3. The highest BCUT2D eigenvalue weighted by Crippen LogP contribution is 2.16. The summed E-state index contributed by atoms with van der Waals surface area (Å²) >= 11 is 5.59. The van der Waals surface area contributed by atoms with E-state index in [0.29, 0.717) is 0 Å². The molecule has 0 unspecified atom stereocenters. The van der Waals surface area contributed by atoms with E-state index in [9.17, 15) is 18.8 Å². The number of hydrogen-bond acceptors (Lipinski definition) is 4. The number of halogens is 2. The number of ether oxygens (including phenoxy) is 1. The molecule has 0 fully saturated rings. The Labute approximate surface area is 101 Å². The van der Waals surface area contributed by atoms with Crippen LogP contribution in [0.25, 0.3) is 0 Å². The second kappa shape index (κ2) is 5.54. The van der Waals surface area contributed by atoms with Gasteiger partial charge < -0.3 is 4.74 Å². The summed E-state index contributed by atoms with van der Waals surface area (Å²) < 4.78 is 17.4. The van der Waals surface area contributed by atoms with Crippen molar-refractivity contribution >= 4 is 29.1 Å². The van der Waals surface area contributed by atoms with E-state index in [-0.39, 0.29) is 10.6 Å². The van der Waals surface area contributed by atoms with Gasteiger partial charge in [-0.15, -0.1) is 0 Å². The number of esters is 1. The minimum absolute atomic E-state index is 0.167.